The summed E-state index contributed by atoms with van der Waals surface area (Å²) in [6.07, 6.45) is -5.94. The SMILES string of the molecule is COc1cc2c(cc1OC1O[C@H](C(=O)O)[C@@H](O)[C@H](O)[C@H]1O)CCC1C2CC[C@@]2(C)C1C[C@@H](O)[C@@H]2O. The van der Waals surface area contributed by atoms with Crippen LogP contribution in [0, 0.1) is 17.3 Å². The summed E-state index contributed by atoms with van der Waals surface area (Å²) in [7, 11) is 1.48. The van der Waals surface area contributed by atoms with Crippen molar-refractivity contribution in [2.75, 3.05) is 7.11 Å². The predicted octanol–water partition coefficient (Wildman–Crippen LogP) is 0.154. The van der Waals surface area contributed by atoms with Crippen molar-refractivity contribution in [1.29, 1.82) is 0 Å². The Morgan fingerprint density at radius 3 is 2.49 bits per heavy atom. The molecule has 3 fully saturated rings. The van der Waals surface area contributed by atoms with E-state index >= 15 is 0 Å². The number of hydrogen-bond acceptors (Lipinski definition) is 9. The van der Waals surface area contributed by atoms with Crippen molar-refractivity contribution in [2.45, 2.75) is 87.9 Å². The second-order valence-corrected chi connectivity index (χ2v) is 10.8. The Hall–Kier alpha value is -1.95. The molecule has 0 spiro atoms. The van der Waals surface area contributed by atoms with E-state index in [1.165, 1.54) is 7.11 Å². The monoisotopic (exact) mass is 494 g/mol. The summed E-state index contributed by atoms with van der Waals surface area (Å²) in [6, 6.07) is 3.71. The van der Waals surface area contributed by atoms with Gasteiger partial charge in [-0.2, -0.15) is 0 Å². The highest BCUT2D eigenvalue weighted by atomic mass is 16.7. The van der Waals surface area contributed by atoms with E-state index < -0.39 is 48.9 Å². The van der Waals surface area contributed by atoms with Crippen LogP contribution < -0.4 is 9.47 Å². The summed E-state index contributed by atoms with van der Waals surface area (Å²) >= 11 is 0. The zero-order chi connectivity index (χ0) is 25.2. The van der Waals surface area contributed by atoms with E-state index in [1.807, 2.05) is 6.07 Å². The zero-order valence-electron chi connectivity index (χ0n) is 19.8. The van der Waals surface area contributed by atoms with Crippen molar-refractivity contribution in [1.82, 2.24) is 0 Å². The lowest BCUT2D eigenvalue weighted by Gasteiger charge is -2.50. The van der Waals surface area contributed by atoms with E-state index in [1.54, 1.807) is 6.07 Å². The van der Waals surface area contributed by atoms with Crippen molar-refractivity contribution in [2.24, 2.45) is 17.3 Å². The molecule has 0 aromatic heterocycles. The molecule has 6 N–H and O–H groups in total. The Bertz CT molecular complexity index is 983. The molecule has 5 rings (SSSR count). The van der Waals surface area contributed by atoms with E-state index in [0.717, 1.165) is 36.8 Å². The van der Waals surface area contributed by atoms with Gasteiger partial charge in [0.25, 0.3) is 0 Å². The molecule has 1 saturated heterocycles. The molecule has 3 aliphatic carbocycles. The topological polar surface area (TPSA) is 166 Å². The molecule has 0 amide bonds. The lowest BCUT2D eigenvalue weighted by atomic mass is 9.55. The number of ether oxygens (including phenoxy) is 3. The number of carboxylic acids is 1. The number of aliphatic carboxylic acids is 1. The van der Waals surface area contributed by atoms with Gasteiger partial charge in [-0.3, -0.25) is 0 Å². The number of hydrogen-bond donors (Lipinski definition) is 6. The first-order valence-electron chi connectivity index (χ1n) is 12.2. The highest BCUT2D eigenvalue weighted by molar-refractivity contribution is 5.73. The van der Waals surface area contributed by atoms with Crippen molar-refractivity contribution in [3.05, 3.63) is 23.3 Å². The van der Waals surface area contributed by atoms with Crippen molar-refractivity contribution in [3.63, 3.8) is 0 Å². The van der Waals surface area contributed by atoms with E-state index in [4.69, 9.17) is 14.2 Å². The molecule has 4 unspecified atom stereocenters. The van der Waals surface area contributed by atoms with Gasteiger partial charge in [0, 0.05) is 0 Å². The summed E-state index contributed by atoms with van der Waals surface area (Å²) in [6.45, 7) is 2.09. The van der Waals surface area contributed by atoms with Gasteiger partial charge in [-0.05, 0) is 78.5 Å². The van der Waals surface area contributed by atoms with Gasteiger partial charge >= 0.3 is 5.97 Å². The molecular weight excluding hydrogens is 460 g/mol. The third kappa shape index (κ3) is 3.82. The van der Waals surface area contributed by atoms with Gasteiger partial charge in [-0.15, -0.1) is 0 Å². The maximum absolute atomic E-state index is 11.4. The largest absolute Gasteiger partial charge is 0.493 e. The number of aryl methyl sites for hydroxylation is 1. The fourth-order valence-corrected chi connectivity index (χ4v) is 7.09. The number of aliphatic hydroxyl groups is 5. The molecule has 0 bridgehead atoms. The number of carbonyl (C=O) groups is 1. The lowest BCUT2D eigenvalue weighted by Crippen LogP contribution is -2.61. The van der Waals surface area contributed by atoms with Gasteiger partial charge in [0.05, 0.1) is 19.3 Å². The fourth-order valence-electron chi connectivity index (χ4n) is 7.09. The summed E-state index contributed by atoms with van der Waals surface area (Å²) < 4.78 is 16.6. The van der Waals surface area contributed by atoms with Gasteiger partial charge in [0.2, 0.25) is 6.29 Å². The van der Waals surface area contributed by atoms with E-state index in [0.29, 0.717) is 18.1 Å². The highest BCUT2D eigenvalue weighted by Gasteiger charge is 2.58. The Labute approximate surface area is 203 Å². The van der Waals surface area contributed by atoms with Crippen molar-refractivity contribution >= 4 is 5.97 Å². The lowest BCUT2D eigenvalue weighted by molar-refractivity contribution is -0.271. The first-order valence-corrected chi connectivity index (χ1v) is 12.2. The standard InChI is InChI=1S/C25H34O10/c1-25-6-5-11-12(14(25)9-15(26)22(25)30)4-3-10-7-17(16(33-2)8-13(10)11)34-24-20(29)18(27)19(28)21(35-24)23(31)32/h7-8,11-12,14-15,18-22,24,26-30H,3-6,9H2,1-2H3,(H,31,32)/t11?,12?,14?,15-,18+,19+,20-,21+,22+,24?,25+/m1/s1. The van der Waals surface area contributed by atoms with Gasteiger partial charge in [-0.1, -0.05) is 6.92 Å². The Morgan fingerprint density at radius 1 is 1.06 bits per heavy atom. The first-order chi connectivity index (χ1) is 16.6. The fraction of sp³-hybridized carbons (Fsp3) is 0.720. The van der Waals surface area contributed by atoms with Gasteiger partial charge in [-0.25, -0.2) is 4.79 Å². The average Bonchev–Trinajstić information content (AvgIpc) is 3.07. The number of benzene rings is 1. The molecule has 35 heavy (non-hydrogen) atoms. The minimum absolute atomic E-state index is 0.230. The van der Waals surface area contributed by atoms with E-state index in [-0.39, 0.29) is 23.0 Å². The Kier molecular flexibility index (Phi) is 6.26. The van der Waals surface area contributed by atoms with Gasteiger partial charge in [0.1, 0.15) is 18.3 Å². The third-order valence-electron chi connectivity index (χ3n) is 9.04. The number of methoxy groups -OCH3 is 1. The molecule has 2 saturated carbocycles. The first kappa shape index (κ1) is 24.7. The Balaban J connectivity index is 1.42. The summed E-state index contributed by atoms with van der Waals surface area (Å²) in [5.74, 6) is -0.0376. The van der Waals surface area contributed by atoms with Crippen LogP contribution >= 0.6 is 0 Å². The minimum atomic E-state index is -1.80. The van der Waals surface area contributed by atoms with Crippen LogP contribution in [0.15, 0.2) is 12.1 Å². The van der Waals surface area contributed by atoms with Gasteiger partial charge < -0.3 is 44.8 Å². The number of aliphatic hydroxyl groups excluding tert-OH is 5. The molecule has 1 aromatic carbocycles. The van der Waals surface area contributed by atoms with E-state index in [9.17, 15) is 35.4 Å². The highest BCUT2D eigenvalue weighted by Crippen LogP contribution is 2.61. The molecule has 4 aliphatic rings. The quantitative estimate of drug-likeness (QED) is 0.339. The predicted molar refractivity (Wildman–Crippen MR) is 120 cm³/mol. The summed E-state index contributed by atoms with van der Waals surface area (Å²) in [5, 5.41) is 60.7. The molecule has 10 nitrogen and oxygen atoms in total. The van der Waals surface area contributed by atoms with Crippen LogP contribution in [0.5, 0.6) is 11.5 Å². The molecular formula is C25H34O10. The normalized spacial score (nSPS) is 44.7. The van der Waals surface area contributed by atoms with Gasteiger partial charge in [0.15, 0.2) is 17.6 Å². The molecule has 0 radical (unpaired) electrons. The summed E-state index contributed by atoms with van der Waals surface area (Å²) in [5.41, 5.74) is 1.89. The molecule has 194 valence electrons. The van der Waals surface area contributed by atoms with E-state index in [2.05, 4.69) is 6.92 Å². The zero-order valence-corrected chi connectivity index (χ0v) is 19.8. The molecule has 10 heteroatoms. The maximum atomic E-state index is 11.4. The minimum Gasteiger partial charge on any atom is -0.493 e. The van der Waals surface area contributed by atoms with Crippen molar-refractivity contribution < 1.29 is 49.6 Å². The van der Waals surface area contributed by atoms with Crippen LogP contribution in [0.1, 0.15) is 49.7 Å². The molecule has 1 aromatic rings. The van der Waals surface area contributed by atoms with Crippen LogP contribution in [0.2, 0.25) is 0 Å². The Morgan fingerprint density at radius 2 is 1.80 bits per heavy atom. The smallest absolute Gasteiger partial charge is 0.335 e. The van der Waals surface area contributed by atoms with Crippen LogP contribution in [0.25, 0.3) is 0 Å². The average molecular weight is 495 g/mol. The maximum Gasteiger partial charge on any atom is 0.335 e. The number of carboxylic acid groups (broad SMARTS) is 1. The summed E-state index contributed by atoms with van der Waals surface area (Å²) in [4.78, 5) is 11.4. The molecule has 1 heterocycles. The van der Waals surface area contributed by atoms with Crippen LogP contribution in [0.3, 0.4) is 0 Å². The van der Waals surface area contributed by atoms with Crippen LogP contribution in [-0.4, -0.2) is 86.6 Å². The second-order valence-electron chi connectivity index (χ2n) is 10.8. The third-order valence-corrected chi connectivity index (χ3v) is 9.04. The second kappa shape index (κ2) is 8.86. The molecule has 1 aliphatic heterocycles. The van der Waals surface area contributed by atoms with Crippen molar-refractivity contribution in [3.8, 4) is 11.5 Å². The molecule has 11 atom stereocenters. The number of rotatable bonds is 4. The van der Waals surface area contributed by atoms with Crippen LogP contribution in [-0.2, 0) is 16.0 Å². The number of fused-ring (bicyclic) bond motifs is 5. The van der Waals surface area contributed by atoms with Crippen LogP contribution in [0.4, 0.5) is 0 Å².